The van der Waals surface area contributed by atoms with Crippen molar-refractivity contribution in [3.63, 3.8) is 0 Å². The van der Waals surface area contributed by atoms with Gasteiger partial charge in [-0.2, -0.15) is 0 Å². The number of rotatable bonds is 7. The molecule has 2 rings (SSSR count). The zero-order valence-corrected chi connectivity index (χ0v) is 23.3. The first-order valence-corrected chi connectivity index (χ1v) is 17.0. The van der Waals surface area contributed by atoms with Crippen LogP contribution < -0.4 is 14.3 Å². The van der Waals surface area contributed by atoms with Gasteiger partial charge in [0, 0.05) is 0 Å². The average Bonchev–Trinajstić information content (AvgIpc) is 3.09. The molecule has 0 amide bonds. The Hall–Kier alpha value is -1.58. The first kappa shape index (κ1) is 25.7. The second-order valence-corrected chi connectivity index (χ2v) is 20.9. The molecule has 1 aromatic rings. The van der Waals surface area contributed by atoms with E-state index < -0.39 is 22.3 Å². The quantitative estimate of drug-likeness (QED) is 0.438. The highest BCUT2D eigenvalue weighted by molar-refractivity contribution is 6.75. The molecule has 1 aliphatic heterocycles. The molecule has 0 bridgehead atoms. The highest BCUT2D eigenvalue weighted by Crippen LogP contribution is 2.43. The Kier molecular flexibility index (Phi) is 7.25. The molecular weight excluding hydrogens is 420 g/mol. The summed E-state index contributed by atoms with van der Waals surface area (Å²) < 4.78 is 13.4. The standard InChI is InChI=1S/C24H42N2O3Si2/c1-12-24(25-18-27-26-24)16-15-19-13-14-20(28-30(8,9)22(2,3)4)21(17-19)29-31(10,11)23(5,6)7/h13-18,26H,12H2,1-11H3/b16-15+. The van der Waals surface area contributed by atoms with Crippen LogP contribution in [0.1, 0.15) is 60.5 Å². The summed E-state index contributed by atoms with van der Waals surface area (Å²) in [5, 5.41) is 0.207. The monoisotopic (exact) mass is 462 g/mol. The third-order valence-electron chi connectivity index (χ3n) is 6.97. The molecule has 1 N–H and O–H groups in total. The highest BCUT2D eigenvalue weighted by atomic mass is 28.4. The molecule has 0 saturated heterocycles. The van der Waals surface area contributed by atoms with E-state index in [1.807, 2.05) is 6.08 Å². The number of hydrogen-bond acceptors (Lipinski definition) is 5. The number of aliphatic imine (C=N–C) groups is 1. The molecule has 1 atom stereocenters. The van der Waals surface area contributed by atoms with Crippen molar-refractivity contribution < 1.29 is 13.7 Å². The summed E-state index contributed by atoms with van der Waals surface area (Å²) in [6.45, 7) is 24.7. The fourth-order valence-corrected chi connectivity index (χ4v) is 4.56. The molecule has 7 heteroatoms. The minimum Gasteiger partial charge on any atom is -0.541 e. The van der Waals surface area contributed by atoms with Crippen molar-refractivity contribution in [1.29, 1.82) is 0 Å². The molecule has 0 aromatic heterocycles. The zero-order chi connectivity index (χ0) is 23.7. The molecule has 0 spiro atoms. The Morgan fingerprint density at radius 1 is 0.968 bits per heavy atom. The van der Waals surface area contributed by atoms with Crippen molar-refractivity contribution in [2.24, 2.45) is 4.99 Å². The van der Waals surface area contributed by atoms with E-state index in [0.29, 0.717) is 0 Å². The normalized spacial score (nSPS) is 20.2. The number of hydrogen-bond donors (Lipinski definition) is 1. The van der Waals surface area contributed by atoms with Gasteiger partial charge in [-0.15, -0.1) is 5.48 Å². The smallest absolute Gasteiger partial charge is 0.250 e. The van der Waals surface area contributed by atoms with Crippen LogP contribution in [0.4, 0.5) is 0 Å². The summed E-state index contributed by atoms with van der Waals surface area (Å²) in [5.74, 6) is 1.68. The molecule has 1 heterocycles. The molecule has 1 aromatic carbocycles. The first-order chi connectivity index (χ1) is 14.0. The van der Waals surface area contributed by atoms with Crippen molar-refractivity contribution in [3.05, 3.63) is 29.8 Å². The predicted molar refractivity (Wildman–Crippen MR) is 137 cm³/mol. The molecule has 0 fully saturated rings. The first-order valence-electron chi connectivity index (χ1n) is 11.2. The van der Waals surface area contributed by atoms with Crippen LogP contribution in [0.2, 0.25) is 36.3 Å². The van der Waals surface area contributed by atoms with Gasteiger partial charge < -0.3 is 13.7 Å². The van der Waals surface area contributed by atoms with Gasteiger partial charge in [-0.1, -0.05) is 60.6 Å². The van der Waals surface area contributed by atoms with E-state index in [4.69, 9.17) is 13.7 Å². The van der Waals surface area contributed by atoms with Gasteiger partial charge in [0.15, 0.2) is 12.1 Å². The molecule has 1 unspecified atom stereocenters. The van der Waals surface area contributed by atoms with E-state index in [2.05, 4.69) is 109 Å². The van der Waals surface area contributed by atoms with E-state index in [9.17, 15) is 0 Å². The van der Waals surface area contributed by atoms with Gasteiger partial charge in [0.05, 0.1) is 0 Å². The Morgan fingerprint density at radius 3 is 1.97 bits per heavy atom. The zero-order valence-electron chi connectivity index (χ0n) is 21.3. The van der Waals surface area contributed by atoms with Crippen molar-refractivity contribution in [2.75, 3.05) is 0 Å². The third-order valence-corrected chi connectivity index (χ3v) is 15.7. The second kappa shape index (κ2) is 8.75. The maximum absolute atomic E-state index is 6.75. The highest BCUT2D eigenvalue weighted by Gasteiger charge is 2.42. The fraction of sp³-hybridized carbons (Fsp3) is 0.625. The van der Waals surface area contributed by atoms with Gasteiger partial charge >= 0.3 is 0 Å². The minimum atomic E-state index is -2.04. The van der Waals surface area contributed by atoms with Crippen LogP contribution in [-0.2, 0) is 4.84 Å². The lowest BCUT2D eigenvalue weighted by Gasteiger charge is -2.39. The predicted octanol–water partition coefficient (Wildman–Crippen LogP) is 7.14. The largest absolute Gasteiger partial charge is 0.541 e. The van der Waals surface area contributed by atoms with Crippen LogP contribution in [0, 0.1) is 0 Å². The molecule has 31 heavy (non-hydrogen) atoms. The van der Waals surface area contributed by atoms with Crippen molar-refractivity contribution in [1.82, 2.24) is 5.48 Å². The van der Waals surface area contributed by atoms with E-state index in [1.54, 1.807) is 0 Å². The summed E-state index contributed by atoms with van der Waals surface area (Å²) in [6.07, 6.45) is 6.35. The van der Waals surface area contributed by atoms with Crippen LogP contribution in [0.25, 0.3) is 6.08 Å². The minimum absolute atomic E-state index is 0.0964. The van der Waals surface area contributed by atoms with Gasteiger partial charge in [-0.05, 0) is 66.5 Å². The summed E-state index contributed by atoms with van der Waals surface area (Å²) in [5.41, 5.74) is 3.50. The van der Waals surface area contributed by atoms with Crippen LogP contribution in [-0.4, -0.2) is 28.7 Å². The van der Waals surface area contributed by atoms with Gasteiger partial charge in [0.25, 0.3) is 16.6 Å². The average molecular weight is 463 g/mol. The lowest BCUT2D eigenvalue weighted by molar-refractivity contribution is 0.149. The van der Waals surface area contributed by atoms with Gasteiger partial charge in [0.2, 0.25) is 0 Å². The number of benzene rings is 1. The van der Waals surface area contributed by atoms with E-state index in [0.717, 1.165) is 23.5 Å². The lowest BCUT2D eigenvalue weighted by Crippen LogP contribution is -2.45. The maximum atomic E-state index is 6.75. The summed E-state index contributed by atoms with van der Waals surface area (Å²) >= 11 is 0. The van der Waals surface area contributed by atoms with Gasteiger partial charge in [-0.25, -0.2) is 4.99 Å². The van der Waals surface area contributed by atoms with E-state index in [1.165, 1.54) is 6.40 Å². The Morgan fingerprint density at radius 2 is 1.52 bits per heavy atom. The lowest BCUT2D eigenvalue weighted by atomic mass is 10.1. The SMILES string of the molecule is CCC1(/C=C/c2ccc(O[Si](C)(C)C(C)(C)C)c(O[Si](C)(C)C(C)(C)C)c2)N=CON1. The van der Waals surface area contributed by atoms with E-state index >= 15 is 0 Å². The van der Waals surface area contributed by atoms with Gasteiger partial charge in [0.1, 0.15) is 11.5 Å². The Bertz CT molecular complexity index is 836. The number of hydroxylamine groups is 1. The Labute approximate surface area is 191 Å². The van der Waals surface area contributed by atoms with E-state index in [-0.39, 0.29) is 10.1 Å². The molecule has 0 saturated carbocycles. The maximum Gasteiger partial charge on any atom is 0.250 e. The molecule has 1 aliphatic rings. The molecular formula is C24H42N2O3Si2. The van der Waals surface area contributed by atoms with Crippen molar-refractivity contribution >= 4 is 29.1 Å². The summed E-state index contributed by atoms with van der Waals surface area (Å²) in [6, 6.07) is 6.24. The number of nitrogens with zero attached hydrogens (tertiary/aromatic N) is 1. The molecule has 5 nitrogen and oxygen atoms in total. The number of nitrogens with one attached hydrogen (secondary N) is 1. The van der Waals surface area contributed by atoms with Crippen molar-refractivity contribution in [3.8, 4) is 11.5 Å². The Balaban J connectivity index is 2.45. The van der Waals surface area contributed by atoms with Crippen LogP contribution in [0.3, 0.4) is 0 Å². The molecule has 0 aliphatic carbocycles. The summed E-state index contributed by atoms with van der Waals surface area (Å²) in [4.78, 5) is 9.56. The van der Waals surface area contributed by atoms with Crippen LogP contribution in [0.15, 0.2) is 29.3 Å². The van der Waals surface area contributed by atoms with Crippen LogP contribution >= 0.6 is 0 Å². The third kappa shape index (κ3) is 6.02. The van der Waals surface area contributed by atoms with Crippen LogP contribution in [0.5, 0.6) is 11.5 Å². The van der Waals surface area contributed by atoms with Gasteiger partial charge in [-0.3, -0.25) is 0 Å². The second-order valence-electron chi connectivity index (χ2n) is 11.5. The molecule has 174 valence electrons. The summed E-state index contributed by atoms with van der Waals surface area (Å²) in [7, 11) is -4.04. The topological polar surface area (TPSA) is 52.1 Å². The fourth-order valence-electron chi connectivity index (χ4n) is 2.52. The van der Waals surface area contributed by atoms with Crippen molar-refractivity contribution in [2.45, 2.75) is 96.8 Å². The molecule has 0 radical (unpaired) electrons.